The number of hydrogen-bond donors (Lipinski definition) is 1. The van der Waals surface area contributed by atoms with Crippen LogP contribution in [0.5, 0.6) is 5.75 Å². The Morgan fingerprint density at radius 2 is 1.71 bits per heavy atom. The second-order valence-corrected chi connectivity index (χ2v) is 10.3. The molecule has 180 valence electrons. The van der Waals surface area contributed by atoms with Gasteiger partial charge in [-0.05, 0) is 61.7 Å². The number of amides is 1. The van der Waals surface area contributed by atoms with Gasteiger partial charge in [-0.3, -0.25) is 9.10 Å². The summed E-state index contributed by atoms with van der Waals surface area (Å²) in [7, 11) is -2.56. The highest BCUT2D eigenvalue weighted by molar-refractivity contribution is 7.92. The van der Waals surface area contributed by atoms with E-state index in [9.17, 15) is 13.2 Å². The highest BCUT2D eigenvalue weighted by Crippen LogP contribution is 2.32. The Bertz CT molecular complexity index is 1240. The van der Waals surface area contributed by atoms with Crippen molar-refractivity contribution in [3.8, 4) is 5.75 Å². The number of carbonyl (C=O) groups excluding carboxylic acids is 1. The summed E-state index contributed by atoms with van der Waals surface area (Å²) in [5.74, 6) is -0.0265. The molecule has 1 amide bonds. The van der Waals surface area contributed by atoms with Gasteiger partial charge in [0.05, 0.1) is 28.8 Å². The third-order valence-electron chi connectivity index (χ3n) is 5.59. The Hall–Kier alpha value is -3.03. The van der Waals surface area contributed by atoms with Gasteiger partial charge in [0.15, 0.2) is 0 Å². The van der Waals surface area contributed by atoms with Gasteiger partial charge >= 0.3 is 0 Å². The van der Waals surface area contributed by atoms with Crippen molar-refractivity contribution in [3.63, 3.8) is 0 Å². The van der Waals surface area contributed by atoms with Gasteiger partial charge in [0, 0.05) is 0 Å². The molecule has 0 heterocycles. The van der Waals surface area contributed by atoms with Gasteiger partial charge in [-0.2, -0.15) is 0 Å². The van der Waals surface area contributed by atoms with Gasteiger partial charge < -0.3 is 10.1 Å². The molecule has 3 rings (SSSR count). The summed E-state index contributed by atoms with van der Waals surface area (Å²) in [6.07, 6.45) is 0.928. The number of sulfonamides is 1. The van der Waals surface area contributed by atoms with Crippen molar-refractivity contribution in [2.75, 3.05) is 18.0 Å². The topological polar surface area (TPSA) is 75.7 Å². The lowest BCUT2D eigenvalue weighted by Crippen LogP contribution is -2.41. The van der Waals surface area contributed by atoms with E-state index in [2.05, 4.69) is 12.2 Å². The van der Waals surface area contributed by atoms with Gasteiger partial charge in [-0.25, -0.2) is 8.42 Å². The van der Waals surface area contributed by atoms with Gasteiger partial charge in [0.25, 0.3) is 10.0 Å². The number of carbonyl (C=O) groups is 1. The fraction of sp³-hybridized carbons (Fsp3) is 0.269. The van der Waals surface area contributed by atoms with Crippen LogP contribution in [0.2, 0.25) is 5.02 Å². The van der Waals surface area contributed by atoms with E-state index in [1.807, 2.05) is 38.1 Å². The summed E-state index contributed by atoms with van der Waals surface area (Å²) < 4.78 is 33.3. The molecule has 0 bridgehead atoms. The first kappa shape index (κ1) is 25.6. The number of anilines is 1. The monoisotopic (exact) mass is 500 g/mol. The molecule has 0 aliphatic heterocycles. The minimum Gasteiger partial charge on any atom is -0.495 e. The smallest absolute Gasteiger partial charge is 0.264 e. The summed E-state index contributed by atoms with van der Waals surface area (Å²) in [6.45, 7) is 5.41. The predicted molar refractivity (Wildman–Crippen MR) is 136 cm³/mol. The maximum atomic E-state index is 13.5. The zero-order chi connectivity index (χ0) is 24.9. The number of methoxy groups -OCH3 is 1. The van der Waals surface area contributed by atoms with Crippen LogP contribution in [-0.4, -0.2) is 28.0 Å². The third-order valence-corrected chi connectivity index (χ3v) is 7.67. The van der Waals surface area contributed by atoms with E-state index in [4.69, 9.17) is 16.3 Å². The maximum Gasteiger partial charge on any atom is 0.264 e. The highest BCUT2D eigenvalue weighted by Gasteiger charge is 2.28. The normalized spacial score (nSPS) is 12.1. The van der Waals surface area contributed by atoms with E-state index in [0.717, 1.165) is 21.9 Å². The molecular formula is C26H29ClN2O4S. The van der Waals surface area contributed by atoms with Crippen molar-refractivity contribution in [2.24, 2.45) is 0 Å². The highest BCUT2D eigenvalue weighted by atomic mass is 35.5. The number of nitrogens with one attached hydrogen (secondary N) is 1. The summed E-state index contributed by atoms with van der Waals surface area (Å²) in [6, 6.07) is 18.8. The van der Waals surface area contributed by atoms with E-state index in [-0.39, 0.29) is 21.6 Å². The Labute approximate surface area is 206 Å². The van der Waals surface area contributed by atoms with Crippen LogP contribution in [0.15, 0.2) is 71.6 Å². The van der Waals surface area contributed by atoms with Crippen molar-refractivity contribution in [1.29, 1.82) is 0 Å². The van der Waals surface area contributed by atoms with Gasteiger partial charge in [-0.15, -0.1) is 0 Å². The summed E-state index contributed by atoms with van der Waals surface area (Å²) >= 11 is 6.27. The Morgan fingerprint density at radius 3 is 2.26 bits per heavy atom. The van der Waals surface area contributed by atoms with E-state index in [1.165, 1.54) is 30.9 Å². The second-order valence-electron chi connectivity index (χ2n) is 8.03. The zero-order valence-electron chi connectivity index (χ0n) is 19.7. The Balaban J connectivity index is 1.90. The zero-order valence-corrected chi connectivity index (χ0v) is 21.3. The van der Waals surface area contributed by atoms with Crippen LogP contribution in [-0.2, 0) is 21.2 Å². The van der Waals surface area contributed by atoms with Crippen LogP contribution >= 0.6 is 11.6 Å². The molecule has 0 saturated carbocycles. The first-order valence-electron chi connectivity index (χ1n) is 11.0. The molecule has 34 heavy (non-hydrogen) atoms. The second kappa shape index (κ2) is 10.9. The lowest BCUT2D eigenvalue weighted by Gasteiger charge is -2.25. The minimum atomic E-state index is -4.04. The van der Waals surface area contributed by atoms with Crippen molar-refractivity contribution >= 4 is 33.2 Å². The van der Waals surface area contributed by atoms with Crippen LogP contribution in [0.1, 0.15) is 36.6 Å². The largest absolute Gasteiger partial charge is 0.495 e. The quantitative estimate of drug-likeness (QED) is 0.433. The first-order chi connectivity index (χ1) is 16.1. The van der Waals surface area contributed by atoms with Crippen molar-refractivity contribution < 1.29 is 17.9 Å². The van der Waals surface area contributed by atoms with E-state index in [1.54, 1.807) is 24.3 Å². The van der Waals surface area contributed by atoms with Crippen LogP contribution in [0.4, 0.5) is 5.69 Å². The van der Waals surface area contributed by atoms with Crippen LogP contribution < -0.4 is 14.4 Å². The standard InChI is InChI=1S/C26H29ClN2O4S/c1-5-20-8-10-21(11-9-20)19(3)28-26(30)17-29(22-12-15-25(33-4)24(27)16-22)34(31,32)23-13-6-18(2)7-14-23/h6-16,19H,5,17H2,1-4H3,(H,28,30)/t19-/m0/s1. The van der Waals surface area contributed by atoms with Gasteiger partial charge in [-0.1, -0.05) is 60.5 Å². The van der Waals surface area contributed by atoms with E-state index in [0.29, 0.717) is 5.75 Å². The SMILES string of the molecule is CCc1ccc([C@H](C)NC(=O)CN(c2ccc(OC)c(Cl)c2)S(=O)(=O)c2ccc(C)cc2)cc1. The maximum absolute atomic E-state index is 13.5. The molecule has 0 aliphatic carbocycles. The average molecular weight is 501 g/mol. The number of aryl methyl sites for hydroxylation is 2. The molecule has 0 aromatic heterocycles. The number of ether oxygens (including phenoxy) is 1. The summed E-state index contributed by atoms with van der Waals surface area (Å²) in [5, 5.41) is 3.15. The molecule has 0 aliphatic rings. The van der Waals surface area contributed by atoms with Crippen molar-refractivity contribution in [3.05, 3.63) is 88.4 Å². The molecule has 0 fully saturated rings. The molecule has 1 N–H and O–H groups in total. The average Bonchev–Trinajstić information content (AvgIpc) is 2.82. The van der Waals surface area contributed by atoms with Crippen LogP contribution in [0, 0.1) is 6.92 Å². The number of nitrogens with zero attached hydrogens (tertiary/aromatic N) is 1. The molecule has 6 nitrogen and oxygen atoms in total. The van der Waals surface area contributed by atoms with E-state index < -0.39 is 22.5 Å². The molecule has 3 aromatic rings. The number of benzene rings is 3. The first-order valence-corrected chi connectivity index (χ1v) is 12.8. The lowest BCUT2D eigenvalue weighted by atomic mass is 10.1. The number of rotatable bonds is 9. The summed E-state index contributed by atoms with van der Waals surface area (Å²) in [4.78, 5) is 13.1. The predicted octanol–water partition coefficient (Wildman–Crippen LogP) is 5.29. The Kier molecular flexibility index (Phi) is 8.23. The third kappa shape index (κ3) is 5.90. The lowest BCUT2D eigenvalue weighted by molar-refractivity contribution is -0.120. The Morgan fingerprint density at radius 1 is 1.06 bits per heavy atom. The fourth-order valence-corrected chi connectivity index (χ4v) is 5.17. The van der Waals surface area contributed by atoms with Gasteiger partial charge in [0.2, 0.25) is 5.91 Å². The van der Waals surface area contributed by atoms with Crippen LogP contribution in [0.3, 0.4) is 0 Å². The molecule has 0 spiro atoms. The molecule has 0 saturated heterocycles. The summed E-state index contributed by atoms with van der Waals surface area (Å²) in [5.41, 5.74) is 3.33. The number of hydrogen-bond acceptors (Lipinski definition) is 4. The van der Waals surface area contributed by atoms with Crippen molar-refractivity contribution in [1.82, 2.24) is 5.32 Å². The van der Waals surface area contributed by atoms with E-state index >= 15 is 0 Å². The minimum absolute atomic E-state index is 0.0843. The molecule has 3 aromatic carbocycles. The number of halogens is 1. The van der Waals surface area contributed by atoms with Crippen molar-refractivity contribution in [2.45, 2.75) is 38.1 Å². The molecule has 0 unspecified atom stereocenters. The molecular weight excluding hydrogens is 472 g/mol. The molecule has 8 heteroatoms. The molecule has 0 radical (unpaired) electrons. The van der Waals surface area contributed by atoms with Crippen LogP contribution in [0.25, 0.3) is 0 Å². The fourth-order valence-electron chi connectivity index (χ4n) is 3.51. The molecule has 1 atom stereocenters. The van der Waals surface area contributed by atoms with Gasteiger partial charge in [0.1, 0.15) is 12.3 Å².